The number of amides is 2. The number of rotatable bonds is 9. The van der Waals surface area contributed by atoms with Gasteiger partial charge in [0.2, 0.25) is 23.7 Å². The van der Waals surface area contributed by atoms with Gasteiger partial charge in [0.15, 0.2) is 11.5 Å². The molecule has 156 valence electrons. The molecule has 2 unspecified atom stereocenters. The van der Waals surface area contributed by atoms with Crippen molar-refractivity contribution in [1.82, 2.24) is 15.5 Å². The number of nitrogens with one attached hydrogen (secondary N) is 2. The molecule has 1 aliphatic rings. The van der Waals surface area contributed by atoms with Gasteiger partial charge in [0.25, 0.3) is 0 Å². The van der Waals surface area contributed by atoms with E-state index in [9.17, 15) is 9.59 Å². The lowest BCUT2D eigenvalue weighted by molar-refractivity contribution is -0.127. The lowest BCUT2D eigenvalue weighted by Crippen LogP contribution is -2.47. The van der Waals surface area contributed by atoms with Crippen LogP contribution >= 0.6 is 11.3 Å². The van der Waals surface area contributed by atoms with Crippen molar-refractivity contribution in [1.29, 1.82) is 0 Å². The van der Waals surface area contributed by atoms with Crippen LogP contribution in [0.1, 0.15) is 46.5 Å². The summed E-state index contributed by atoms with van der Waals surface area (Å²) in [5, 5.41) is 14.9. The molecular weight excluding hydrogens is 392 g/mol. The first-order chi connectivity index (χ1) is 14.0. The number of hydrogen-bond acceptors (Lipinski definition) is 7. The lowest BCUT2D eigenvalue weighted by Gasteiger charge is -2.22. The van der Waals surface area contributed by atoms with Crippen molar-refractivity contribution in [2.24, 2.45) is 5.92 Å². The third kappa shape index (κ3) is 5.23. The summed E-state index contributed by atoms with van der Waals surface area (Å²) in [7, 11) is 0. The minimum atomic E-state index is -0.609. The summed E-state index contributed by atoms with van der Waals surface area (Å²) in [5.74, 6) is 0.974. The van der Waals surface area contributed by atoms with Crippen LogP contribution in [0.15, 0.2) is 18.2 Å². The molecule has 0 fully saturated rings. The number of nitrogens with zero attached hydrogens (tertiary/aromatic N) is 2. The van der Waals surface area contributed by atoms with Crippen molar-refractivity contribution in [2.45, 2.75) is 52.5 Å². The predicted octanol–water partition coefficient (Wildman–Crippen LogP) is 3.59. The number of aromatic nitrogens is 2. The van der Waals surface area contributed by atoms with Crippen LogP contribution in [0.25, 0.3) is 10.6 Å². The molecule has 3 rings (SSSR count). The summed E-state index contributed by atoms with van der Waals surface area (Å²) in [5.41, 5.74) is 0.832. The molecule has 1 aromatic heterocycles. The Morgan fingerprint density at radius 3 is 2.76 bits per heavy atom. The van der Waals surface area contributed by atoms with Gasteiger partial charge in [-0.05, 0) is 30.5 Å². The van der Waals surface area contributed by atoms with E-state index in [1.807, 2.05) is 39.0 Å². The highest BCUT2D eigenvalue weighted by Gasteiger charge is 2.27. The van der Waals surface area contributed by atoms with E-state index >= 15 is 0 Å². The maximum Gasteiger partial charge on any atom is 0.249 e. The summed E-state index contributed by atoms with van der Waals surface area (Å²) >= 11 is 1.27. The summed E-state index contributed by atoms with van der Waals surface area (Å²) in [6.45, 7) is 6.17. The minimum absolute atomic E-state index is 0.00169. The van der Waals surface area contributed by atoms with Gasteiger partial charge in [-0.3, -0.25) is 14.9 Å². The Morgan fingerprint density at radius 1 is 1.21 bits per heavy atom. The number of anilines is 1. The second-order valence-corrected chi connectivity index (χ2v) is 7.98. The van der Waals surface area contributed by atoms with Crippen molar-refractivity contribution in [3.8, 4) is 22.1 Å². The summed E-state index contributed by atoms with van der Waals surface area (Å²) < 4.78 is 10.7. The zero-order chi connectivity index (χ0) is 20.8. The molecule has 1 aromatic carbocycles. The van der Waals surface area contributed by atoms with E-state index in [2.05, 4.69) is 20.8 Å². The van der Waals surface area contributed by atoms with Gasteiger partial charge in [-0.1, -0.05) is 44.9 Å². The molecule has 2 N–H and O–H groups in total. The van der Waals surface area contributed by atoms with Crippen molar-refractivity contribution >= 4 is 28.3 Å². The first kappa shape index (κ1) is 21.0. The Labute approximate surface area is 174 Å². The number of hydrogen-bond donors (Lipinski definition) is 2. The zero-order valence-corrected chi connectivity index (χ0v) is 17.7. The van der Waals surface area contributed by atoms with E-state index in [1.54, 1.807) is 0 Å². The third-order valence-corrected chi connectivity index (χ3v) is 5.73. The van der Waals surface area contributed by atoms with Crippen LogP contribution in [0.5, 0.6) is 11.5 Å². The molecule has 2 heterocycles. The highest BCUT2D eigenvalue weighted by Crippen LogP contribution is 2.37. The summed E-state index contributed by atoms with van der Waals surface area (Å²) in [6, 6.07) is 4.92. The maximum absolute atomic E-state index is 12.8. The first-order valence-corrected chi connectivity index (χ1v) is 10.7. The lowest BCUT2D eigenvalue weighted by atomic mass is 9.98. The van der Waals surface area contributed by atoms with E-state index in [-0.39, 0.29) is 24.5 Å². The monoisotopic (exact) mass is 418 g/mol. The van der Waals surface area contributed by atoms with Gasteiger partial charge < -0.3 is 14.8 Å². The molecule has 0 aliphatic carbocycles. The Morgan fingerprint density at radius 2 is 2.00 bits per heavy atom. The number of carbonyl (C=O) groups is 2. The van der Waals surface area contributed by atoms with Crippen molar-refractivity contribution in [3.05, 3.63) is 18.2 Å². The van der Waals surface area contributed by atoms with Gasteiger partial charge >= 0.3 is 0 Å². The smallest absolute Gasteiger partial charge is 0.249 e. The molecule has 0 bridgehead atoms. The predicted molar refractivity (Wildman–Crippen MR) is 111 cm³/mol. The molecule has 2 amide bonds. The normalized spacial score (nSPS) is 14.3. The number of ether oxygens (including phenoxy) is 2. The average molecular weight is 419 g/mol. The fraction of sp³-hybridized carbons (Fsp3) is 0.500. The Hall–Kier alpha value is -2.68. The van der Waals surface area contributed by atoms with Crippen molar-refractivity contribution in [2.75, 3.05) is 12.1 Å². The largest absolute Gasteiger partial charge is 0.454 e. The number of unbranched alkanes of at least 4 members (excludes halogenated alkanes) is 1. The van der Waals surface area contributed by atoms with Gasteiger partial charge in [-0.2, -0.15) is 0 Å². The van der Waals surface area contributed by atoms with Crippen LogP contribution in [-0.4, -0.2) is 34.8 Å². The van der Waals surface area contributed by atoms with Gasteiger partial charge in [-0.15, -0.1) is 10.2 Å². The van der Waals surface area contributed by atoms with Crippen LogP contribution in [0, 0.1) is 5.92 Å². The van der Waals surface area contributed by atoms with E-state index in [0.29, 0.717) is 28.1 Å². The fourth-order valence-corrected chi connectivity index (χ4v) is 3.63. The molecule has 9 heteroatoms. The number of carbonyl (C=O) groups excluding carboxylic acids is 2. The zero-order valence-electron chi connectivity index (χ0n) is 16.9. The van der Waals surface area contributed by atoms with E-state index < -0.39 is 6.04 Å². The minimum Gasteiger partial charge on any atom is -0.454 e. The molecule has 0 saturated carbocycles. The molecule has 8 nitrogen and oxygen atoms in total. The molecule has 2 aromatic rings. The topological polar surface area (TPSA) is 102 Å². The SMILES string of the molecule is CCCCC(=O)NC(C(=O)Nc1nnc(-c2ccc3c(c2)OCO3)s1)C(C)CC. The van der Waals surface area contributed by atoms with Gasteiger partial charge in [0.05, 0.1) is 0 Å². The van der Waals surface area contributed by atoms with E-state index in [0.717, 1.165) is 24.8 Å². The van der Waals surface area contributed by atoms with Gasteiger partial charge in [0.1, 0.15) is 11.0 Å². The standard InChI is InChI=1S/C20H26N4O4S/c1-4-6-7-16(25)21-17(12(3)5-2)18(26)22-20-24-23-19(29-20)13-8-9-14-15(10-13)28-11-27-14/h8-10,12,17H,4-7,11H2,1-3H3,(H,21,25)(H,22,24,26). The number of fused-ring (bicyclic) bond motifs is 1. The second-order valence-electron chi connectivity index (χ2n) is 7.00. The Balaban J connectivity index is 1.67. The van der Waals surface area contributed by atoms with Crippen molar-refractivity contribution < 1.29 is 19.1 Å². The fourth-order valence-electron chi connectivity index (χ4n) is 2.89. The van der Waals surface area contributed by atoms with Crippen LogP contribution < -0.4 is 20.1 Å². The highest BCUT2D eigenvalue weighted by atomic mass is 32.1. The van der Waals surface area contributed by atoms with Gasteiger partial charge in [0, 0.05) is 12.0 Å². The summed E-state index contributed by atoms with van der Waals surface area (Å²) in [6.07, 6.45) is 2.92. The Bertz CT molecular complexity index is 870. The second kappa shape index (κ2) is 9.69. The third-order valence-electron chi connectivity index (χ3n) is 4.84. The molecule has 0 radical (unpaired) electrons. The van der Waals surface area contributed by atoms with E-state index in [4.69, 9.17) is 9.47 Å². The van der Waals surface area contributed by atoms with Crippen LogP contribution in [0.4, 0.5) is 5.13 Å². The molecule has 29 heavy (non-hydrogen) atoms. The first-order valence-electron chi connectivity index (χ1n) is 9.85. The highest BCUT2D eigenvalue weighted by molar-refractivity contribution is 7.18. The van der Waals surface area contributed by atoms with Crippen LogP contribution in [0.2, 0.25) is 0 Å². The van der Waals surface area contributed by atoms with Gasteiger partial charge in [-0.25, -0.2) is 0 Å². The Kier molecular flexibility index (Phi) is 7.03. The molecule has 1 aliphatic heterocycles. The molecule has 0 saturated heterocycles. The quantitative estimate of drug-likeness (QED) is 0.645. The van der Waals surface area contributed by atoms with Crippen LogP contribution in [0.3, 0.4) is 0 Å². The molecular formula is C20H26N4O4S. The average Bonchev–Trinajstić information content (AvgIpc) is 3.38. The van der Waals surface area contributed by atoms with Crippen LogP contribution in [-0.2, 0) is 9.59 Å². The molecule has 2 atom stereocenters. The van der Waals surface area contributed by atoms with Crippen molar-refractivity contribution in [3.63, 3.8) is 0 Å². The molecule has 0 spiro atoms. The maximum atomic E-state index is 12.8. The summed E-state index contributed by atoms with van der Waals surface area (Å²) in [4.78, 5) is 24.9. The number of benzene rings is 1. The van der Waals surface area contributed by atoms with E-state index in [1.165, 1.54) is 11.3 Å².